The van der Waals surface area contributed by atoms with Crippen LogP contribution in [0.3, 0.4) is 0 Å². The second-order valence-electron chi connectivity index (χ2n) is 11.9. The summed E-state index contributed by atoms with van der Waals surface area (Å²) in [4.78, 5) is 22.2. The summed E-state index contributed by atoms with van der Waals surface area (Å²) in [6.45, 7) is 12.0. The third kappa shape index (κ3) is 5.84. The highest BCUT2D eigenvalue weighted by atomic mass is 16.5. The molecule has 8 heteroatoms. The van der Waals surface area contributed by atoms with E-state index in [9.17, 15) is 4.79 Å². The van der Waals surface area contributed by atoms with Crippen molar-refractivity contribution in [3.8, 4) is 28.3 Å². The molecule has 2 aliphatic rings. The third-order valence-electron chi connectivity index (χ3n) is 7.91. The Morgan fingerprint density at radius 1 is 0.976 bits per heavy atom. The minimum atomic E-state index is -0.251. The molecule has 0 bridgehead atoms. The molecule has 0 unspecified atom stereocenters. The molecule has 4 aromatic rings. The lowest BCUT2D eigenvalue weighted by Gasteiger charge is -2.35. The molecule has 0 saturated carbocycles. The summed E-state index contributed by atoms with van der Waals surface area (Å²) in [6, 6.07) is 18.5. The maximum atomic E-state index is 13.1. The highest BCUT2D eigenvalue weighted by Crippen LogP contribution is 2.44. The number of rotatable bonds is 6. The summed E-state index contributed by atoms with van der Waals surface area (Å²) >= 11 is 0. The van der Waals surface area contributed by atoms with Crippen LogP contribution in [0.15, 0.2) is 59.1 Å². The van der Waals surface area contributed by atoms with Gasteiger partial charge in [-0.15, -0.1) is 0 Å². The van der Waals surface area contributed by atoms with Gasteiger partial charge in [-0.2, -0.15) is 4.98 Å². The van der Waals surface area contributed by atoms with Gasteiger partial charge >= 0.3 is 0 Å². The molecular weight excluding hydrogens is 514 g/mol. The van der Waals surface area contributed by atoms with Crippen molar-refractivity contribution in [1.82, 2.24) is 15.0 Å². The molecule has 212 valence electrons. The maximum absolute atomic E-state index is 13.1. The molecule has 6 rings (SSSR count). The van der Waals surface area contributed by atoms with Crippen molar-refractivity contribution in [2.45, 2.75) is 46.1 Å². The number of nitrogens with zero attached hydrogens (tertiary/aromatic N) is 4. The number of amides is 1. The molecule has 1 amide bonds. The second kappa shape index (κ2) is 10.7. The number of aromatic nitrogens is 2. The van der Waals surface area contributed by atoms with Crippen LogP contribution in [0, 0.1) is 13.8 Å². The molecule has 1 N–H and O–H groups in total. The molecule has 3 heterocycles. The summed E-state index contributed by atoms with van der Waals surface area (Å²) in [5.41, 5.74) is 8.05. The topological polar surface area (TPSA) is 83.7 Å². The first-order chi connectivity index (χ1) is 19.6. The van der Waals surface area contributed by atoms with E-state index in [1.807, 2.05) is 18.2 Å². The first-order valence-corrected chi connectivity index (χ1v) is 14.2. The molecule has 0 aliphatic carbocycles. The number of anilines is 2. The zero-order chi connectivity index (χ0) is 28.7. The first kappa shape index (κ1) is 27.0. The van der Waals surface area contributed by atoms with Crippen LogP contribution in [0.4, 0.5) is 11.4 Å². The largest absolute Gasteiger partial charge is 0.485 e. The van der Waals surface area contributed by atoms with Crippen molar-refractivity contribution < 1.29 is 14.1 Å². The Kier molecular flexibility index (Phi) is 7.03. The summed E-state index contributed by atoms with van der Waals surface area (Å²) in [5, 5.41) is 7.18. The Morgan fingerprint density at radius 3 is 2.39 bits per heavy atom. The molecule has 0 radical (unpaired) electrons. The van der Waals surface area contributed by atoms with Crippen LogP contribution >= 0.6 is 0 Å². The molecule has 2 aliphatic heterocycles. The second-order valence-corrected chi connectivity index (χ2v) is 11.9. The standard InChI is InChI=1S/C33H37N5O3/c1-21-16-25(32-34-22(2)41-36-32)10-11-28(21)24-8-6-23(7-9-24)17-30(39)35-27-18-26-20-33(3,4)40-31(26)29(19-27)38-14-12-37(5)13-15-38/h6-11,16,18-19H,12-15,17,20H2,1-5H3,(H,35,39). The van der Waals surface area contributed by atoms with Crippen LogP contribution in [-0.2, 0) is 17.6 Å². The predicted molar refractivity (Wildman–Crippen MR) is 162 cm³/mol. The summed E-state index contributed by atoms with van der Waals surface area (Å²) in [5.74, 6) is 2.07. The minimum absolute atomic E-state index is 0.0314. The Morgan fingerprint density at radius 2 is 1.71 bits per heavy atom. The SMILES string of the molecule is Cc1nc(-c2ccc(-c3ccc(CC(=O)Nc4cc5c(c(N6CCN(C)CC6)c4)OC(C)(C)C5)cc3)c(C)c2)no1. The van der Waals surface area contributed by atoms with Crippen LogP contribution < -0.4 is 15.0 Å². The average Bonchev–Trinajstić information content (AvgIpc) is 3.50. The summed E-state index contributed by atoms with van der Waals surface area (Å²) in [7, 11) is 2.15. The third-order valence-corrected chi connectivity index (χ3v) is 7.91. The Labute approximate surface area is 241 Å². The van der Waals surface area contributed by atoms with Crippen molar-refractivity contribution in [1.29, 1.82) is 0 Å². The van der Waals surface area contributed by atoms with Gasteiger partial charge in [-0.05, 0) is 68.3 Å². The number of likely N-dealkylation sites (N-methyl/N-ethyl adjacent to an activating group) is 1. The van der Waals surface area contributed by atoms with Gasteiger partial charge in [0.2, 0.25) is 17.6 Å². The smallest absolute Gasteiger partial charge is 0.228 e. The fourth-order valence-corrected chi connectivity index (χ4v) is 5.78. The van der Waals surface area contributed by atoms with E-state index in [0.717, 1.165) is 83.1 Å². The van der Waals surface area contributed by atoms with Gasteiger partial charge in [0.05, 0.1) is 12.1 Å². The number of hydrogen-bond acceptors (Lipinski definition) is 7. The van der Waals surface area contributed by atoms with Gasteiger partial charge in [-0.3, -0.25) is 4.79 Å². The molecule has 1 saturated heterocycles. The van der Waals surface area contributed by atoms with Gasteiger partial charge < -0.3 is 24.4 Å². The fourth-order valence-electron chi connectivity index (χ4n) is 5.78. The summed E-state index contributed by atoms with van der Waals surface area (Å²) in [6.07, 6.45) is 1.13. The van der Waals surface area contributed by atoms with Crippen molar-refractivity contribution in [3.05, 3.63) is 77.2 Å². The zero-order valence-corrected chi connectivity index (χ0v) is 24.5. The van der Waals surface area contributed by atoms with Crippen molar-refractivity contribution in [3.63, 3.8) is 0 Å². The van der Waals surface area contributed by atoms with Crippen LogP contribution in [0.1, 0.15) is 36.4 Å². The Bertz CT molecular complexity index is 1580. The fraction of sp³-hybridized carbons (Fsp3) is 0.364. The van der Waals surface area contributed by atoms with Crippen LogP contribution in [0.5, 0.6) is 5.75 Å². The molecule has 0 spiro atoms. The molecule has 41 heavy (non-hydrogen) atoms. The lowest BCUT2D eigenvalue weighted by Crippen LogP contribution is -2.44. The quantitative estimate of drug-likeness (QED) is 0.331. The van der Waals surface area contributed by atoms with Crippen molar-refractivity contribution >= 4 is 17.3 Å². The van der Waals surface area contributed by atoms with Gasteiger partial charge in [0, 0.05) is 56.3 Å². The van der Waals surface area contributed by atoms with Crippen LogP contribution in [-0.4, -0.2) is 59.8 Å². The number of ether oxygens (including phenoxy) is 1. The number of nitrogens with one attached hydrogen (secondary N) is 1. The normalized spacial score (nSPS) is 16.4. The van der Waals surface area contributed by atoms with E-state index in [0.29, 0.717) is 18.1 Å². The molecule has 1 fully saturated rings. The van der Waals surface area contributed by atoms with Gasteiger partial charge in [0.15, 0.2) is 0 Å². The van der Waals surface area contributed by atoms with E-state index < -0.39 is 0 Å². The van der Waals surface area contributed by atoms with Crippen LogP contribution in [0.2, 0.25) is 0 Å². The van der Waals surface area contributed by atoms with Gasteiger partial charge in [0.25, 0.3) is 0 Å². The zero-order valence-electron chi connectivity index (χ0n) is 24.5. The number of piperazine rings is 1. The van der Waals surface area contributed by atoms with Crippen LogP contribution in [0.25, 0.3) is 22.5 Å². The molecule has 3 aromatic carbocycles. The van der Waals surface area contributed by atoms with E-state index >= 15 is 0 Å². The molecular formula is C33H37N5O3. The van der Waals surface area contributed by atoms with Gasteiger partial charge in [-0.1, -0.05) is 41.6 Å². The van der Waals surface area contributed by atoms with E-state index in [-0.39, 0.29) is 11.5 Å². The minimum Gasteiger partial charge on any atom is -0.485 e. The predicted octanol–water partition coefficient (Wildman–Crippen LogP) is 5.67. The Balaban J connectivity index is 1.15. The summed E-state index contributed by atoms with van der Waals surface area (Å²) < 4.78 is 11.5. The highest BCUT2D eigenvalue weighted by Gasteiger charge is 2.34. The number of carbonyl (C=O) groups excluding carboxylic acids is 1. The lowest BCUT2D eigenvalue weighted by molar-refractivity contribution is -0.115. The van der Waals surface area contributed by atoms with E-state index in [4.69, 9.17) is 9.26 Å². The van der Waals surface area contributed by atoms with Crippen molar-refractivity contribution in [2.24, 2.45) is 0 Å². The van der Waals surface area contributed by atoms with Crippen molar-refractivity contribution in [2.75, 3.05) is 43.4 Å². The average molecular weight is 552 g/mol. The number of benzene rings is 3. The number of carbonyl (C=O) groups is 1. The van der Waals surface area contributed by atoms with E-state index in [1.54, 1.807) is 6.92 Å². The number of fused-ring (bicyclic) bond motifs is 1. The monoisotopic (exact) mass is 551 g/mol. The van der Waals surface area contributed by atoms with E-state index in [1.165, 1.54) is 0 Å². The maximum Gasteiger partial charge on any atom is 0.228 e. The number of aryl methyl sites for hydroxylation is 2. The molecule has 1 aromatic heterocycles. The first-order valence-electron chi connectivity index (χ1n) is 14.2. The van der Waals surface area contributed by atoms with Gasteiger partial charge in [0.1, 0.15) is 11.4 Å². The highest BCUT2D eigenvalue weighted by molar-refractivity contribution is 5.93. The number of hydrogen-bond donors (Lipinski definition) is 1. The Hall–Kier alpha value is -4.17. The van der Waals surface area contributed by atoms with Gasteiger partial charge in [-0.25, -0.2) is 0 Å². The lowest BCUT2D eigenvalue weighted by atomic mass is 9.97. The van der Waals surface area contributed by atoms with E-state index in [2.05, 4.69) is 89.5 Å². The molecule has 8 nitrogen and oxygen atoms in total. The molecule has 0 atom stereocenters.